The predicted molar refractivity (Wildman–Crippen MR) is 136 cm³/mol. The van der Waals surface area contributed by atoms with E-state index < -0.39 is 15.9 Å². The van der Waals surface area contributed by atoms with E-state index in [1.807, 2.05) is 19.1 Å². The molecule has 2 aromatic rings. The second-order valence-corrected chi connectivity index (χ2v) is 12.1. The average molecular weight is 502 g/mol. The lowest BCUT2D eigenvalue weighted by Crippen LogP contribution is -2.54. The Morgan fingerprint density at radius 1 is 1.03 bits per heavy atom. The van der Waals surface area contributed by atoms with Crippen molar-refractivity contribution in [3.8, 4) is 11.5 Å². The fraction of sp³-hybridized carbons (Fsp3) is 0.500. The van der Waals surface area contributed by atoms with Crippen LogP contribution in [0, 0.1) is 11.3 Å². The molecule has 2 N–H and O–H groups in total. The first-order valence-electron chi connectivity index (χ1n) is 12.1. The van der Waals surface area contributed by atoms with Gasteiger partial charge < -0.3 is 25.0 Å². The van der Waals surface area contributed by atoms with Gasteiger partial charge in [-0.2, -0.15) is 0 Å². The zero-order valence-corrected chi connectivity index (χ0v) is 21.5. The molecule has 2 atom stereocenters. The zero-order valence-electron chi connectivity index (χ0n) is 20.6. The highest BCUT2D eigenvalue weighted by Crippen LogP contribution is 2.43. The number of carbonyl (C=O) groups is 1. The number of piperidine rings is 1. The summed E-state index contributed by atoms with van der Waals surface area (Å²) in [6.45, 7) is 9.23. The summed E-state index contributed by atoms with van der Waals surface area (Å²) >= 11 is 0. The minimum absolute atomic E-state index is 0.0233. The smallest absolute Gasteiger partial charge is 0.415 e. The Morgan fingerprint density at radius 3 is 2.31 bits per heavy atom. The van der Waals surface area contributed by atoms with Gasteiger partial charge >= 0.3 is 6.09 Å². The molecule has 9 heteroatoms. The van der Waals surface area contributed by atoms with E-state index in [4.69, 9.17) is 15.2 Å². The van der Waals surface area contributed by atoms with E-state index in [0.717, 1.165) is 24.4 Å². The Hall–Kier alpha value is -2.78. The Bertz CT molecular complexity index is 1130. The average Bonchev–Trinajstić information content (AvgIpc) is 3.07. The number of hydrogen-bond acceptors (Lipinski definition) is 7. The van der Waals surface area contributed by atoms with E-state index in [2.05, 4.69) is 30.9 Å². The number of ether oxygens (including phenoxy) is 2. The van der Waals surface area contributed by atoms with Gasteiger partial charge in [-0.05, 0) is 73.2 Å². The summed E-state index contributed by atoms with van der Waals surface area (Å²) < 4.78 is 35.6. The lowest BCUT2D eigenvalue weighted by Gasteiger charge is -2.48. The molecule has 3 heterocycles. The Kier molecular flexibility index (Phi) is 7.28. The zero-order chi connectivity index (χ0) is 25.2. The van der Waals surface area contributed by atoms with Gasteiger partial charge in [-0.25, -0.2) is 13.2 Å². The molecule has 190 valence electrons. The van der Waals surface area contributed by atoms with Gasteiger partial charge in [0.15, 0.2) is 9.84 Å². The predicted octanol–water partition coefficient (Wildman–Crippen LogP) is 3.55. The summed E-state index contributed by atoms with van der Waals surface area (Å²) in [5.74, 6) is 1.36. The molecule has 35 heavy (non-hydrogen) atoms. The molecule has 0 aliphatic carbocycles. The van der Waals surface area contributed by atoms with Gasteiger partial charge in [0.2, 0.25) is 0 Å². The summed E-state index contributed by atoms with van der Waals surface area (Å²) in [6, 6.07) is 14.2. The van der Waals surface area contributed by atoms with Crippen LogP contribution in [0.15, 0.2) is 53.4 Å². The summed E-state index contributed by atoms with van der Waals surface area (Å²) in [6.07, 6.45) is 0.617. The van der Waals surface area contributed by atoms with Gasteiger partial charge in [-0.15, -0.1) is 0 Å². The molecule has 1 amide bonds. The highest BCUT2D eigenvalue weighted by Gasteiger charge is 2.47. The number of sulfone groups is 1. The second-order valence-electron chi connectivity index (χ2n) is 10.0. The fourth-order valence-corrected chi connectivity index (χ4v) is 6.42. The van der Waals surface area contributed by atoms with Crippen molar-refractivity contribution in [3.63, 3.8) is 0 Å². The number of rotatable bonds is 7. The van der Waals surface area contributed by atoms with Crippen LogP contribution >= 0.6 is 0 Å². The van der Waals surface area contributed by atoms with Crippen LogP contribution in [0.3, 0.4) is 0 Å². The lowest BCUT2D eigenvalue weighted by atomic mass is 9.73. The van der Waals surface area contributed by atoms with E-state index in [0.29, 0.717) is 31.4 Å². The first-order valence-corrected chi connectivity index (χ1v) is 13.8. The molecule has 2 aromatic carbocycles. The van der Waals surface area contributed by atoms with Crippen molar-refractivity contribution in [2.45, 2.75) is 38.1 Å². The Balaban J connectivity index is 1.49. The number of fused-ring (bicyclic) bond motifs is 4. The molecule has 3 aliphatic rings. The molecule has 0 aromatic heterocycles. The molecule has 5 rings (SSSR count). The number of carbonyl (C=O) groups excluding carboxylic acids is 1. The molecular weight excluding hydrogens is 466 g/mol. The standard InChI is InChI=1S/C26H35N3O5S/c1-4-33-21-7-5-20(6-8-21)29-17-19-15-26(2,3)24(29)18-28(16-19)25(30)34-22-9-11-23(12-10-22)35(31,32)14-13-27/h5-12,19,24H,4,13-18,27H2,1-3H3/t19-,24-/m1/s1. The Morgan fingerprint density at radius 2 is 1.69 bits per heavy atom. The van der Waals surface area contributed by atoms with Crippen LogP contribution in [0.2, 0.25) is 0 Å². The van der Waals surface area contributed by atoms with E-state index in [1.165, 1.54) is 24.3 Å². The molecule has 0 radical (unpaired) electrons. The maximum Gasteiger partial charge on any atom is 0.415 e. The van der Waals surface area contributed by atoms with E-state index in [-0.39, 0.29) is 28.6 Å². The SMILES string of the molecule is CCOc1ccc(N2C[C@H]3CN(C(=O)Oc4ccc(S(=O)(=O)CCN)cc4)C[C@@H]2C(C)(C)C3)cc1. The monoisotopic (exact) mass is 501 g/mol. The minimum Gasteiger partial charge on any atom is -0.494 e. The molecule has 2 bridgehead atoms. The largest absolute Gasteiger partial charge is 0.494 e. The van der Waals surface area contributed by atoms with E-state index in [9.17, 15) is 13.2 Å². The van der Waals surface area contributed by atoms with Gasteiger partial charge in [-0.3, -0.25) is 0 Å². The molecule has 3 saturated heterocycles. The van der Waals surface area contributed by atoms with Gasteiger partial charge in [0.05, 0.1) is 23.3 Å². The summed E-state index contributed by atoms with van der Waals surface area (Å²) in [5, 5.41) is 0. The van der Waals surface area contributed by atoms with Crippen LogP contribution < -0.4 is 20.1 Å². The number of anilines is 1. The second kappa shape index (κ2) is 10.1. The summed E-state index contributed by atoms with van der Waals surface area (Å²) in [5.41, 5.74) is 6.54. The third-order valence-corrected chi connectivity index (χ3v) is 8.70. The van der Waals surface area contributed by atoms with Crippen molar-refractivity contribution in [2.24, 2.45) is 17.1 Å². The highest BCUT2D eigenvalue weighted by atomic mass is 32.2. The molecule has 0 unspecified atom stereocenters. The number of nitrogens with zero attached hydrogens (tertiary/aromatic N) is 2. The van der Waals surface area contributed by atoms with Gasteiger partial charge in [0.1, 0.15) is 11.5 Å². The van der Waals surface area contributed by atoms with Crippen molar-refractivity contribution in [3.05, 3.63) is 48.5 Å². The minimum atomic E-state index is -3.43. The summed E-state index contributed by atoms with van der Waals surface area (Å²) in [4.78, 5) is 17.5. The van der Waals surface area contributed by atoms with Gasteiger partial charge in [0, 0.05) is 31.9 Å². The number of benzene rings is 2. The van der Waals surface area contributed by atoms with E-state index in [1.54, 1.807) is 4.90 Å². The van der Waals surface area contributed by atoms with Crippen LogP contribution in [-0.4, -0.2) is 64.0 Å². The van der Waals surface area contributed by atoms with Crippen molar-refractivity contribution >= 4 is 21.6 Å². The third-order valence-electron chi connectivity index (χ3n) is 6.93. The lowest BCUT2D eigenvalue weighted by molar-refractivity contribution is 0.149. The van der Waals surface area contributed by atoms with Crippen molar-refractivity contribution in [1.29, 1.82) is 0 Å². The van der Waals surface area contributed by atoms with Crippen LogP contribution in [-0.2, 0) is 9.84 Å². The van der Waals surface area contributed by atoms with Crippen molar-refractivity contribution in [1.82, 2.24) is 4.90 Å². The highest BCUT2D eigenvalue weighted by molar-refractivity contribution is 7.91. The van der Waals surface area contributed by atoms with Crippen molar-refractivity contribution in [2.75, 3.05) is 43.4 Å². The van der Waals surface area contributed by atoms with Crippen LogP contribution in [0.4, 0.5) is 10.5 Å². The molecule has 0 saturated carbocycles. The maximum absolute atomic E-state index is 13.1. The van der Waals surface area contributed by atoms with Crippen LogP contribution in [0.25, 0.3) is 0 Å². The molecule has 0 spiro atoms. The van der Waals surface area contributed by atoms with Gasteiger partial charge in [0.25, 0.3) is 0 Å². The first kappa shape index (κ1) is 25.3. The quantitative estimate of drug-likeness (QED) is 0.619. The normalized spacial score (nSPS) is 21.5. The number of nitrogens with two attached hydrogens (primary N) is 1. The molecule has 3 fully saturated rings. The number of hydrogen-bond donors (Lipinski definition) is 1. The molecule has 3 aliphatic heterocycles. The number of amides is 1. The fourth-order valence-electron chi connectivity index (χ4n) is 5.32. The third kappa shape index (κ3) is 5.56. The Labute approximate surface area is 207 Å². The van der Waals surface area contributed by atoms with E-state index >= 15 is 0 Å². The van der Waals surface area contributed by atoms with Crippen molar-refractivity contribution < 1.29 is 22.7 Å². The first-order chi connectivity index (χ1) is 16.6. The maximum atomic E-state index is 13.1. The topological polar surface area (TPSA) is 102 Å². The summed E-state index contributed by atoms with van der Waals surface area (Å²) in [7, 11) is -3.43. The van der Waals surface area contributed by atoms with Crippen LogP contribution in [0.1, 0.15) is 27.2 Å². The van der Waals surface area contributed by atoms with Gasteiger partial charge in [-0.1, -0.05) is 13.8 Å². The molecule has 8 nitrogen and oxygen atoms in total. The molecular formula is C26H35N3O5S. The van der Waals surface area contributed by atoms with Crippen LogP contribution in [0.5, 0.6) is 11.5 Å².